The van der Waals surface area contributed by atoms with Gasteiger partial charge in [0.05, 0.1) is 23.3 Å². The number of hydrogen-bond donors (Lipinski definition) is 3. The van der Waals surface area contributed by atoms with Crippen LogP contribution in [-0.4, -0.2) is 82.8 Å². The monoisotopic (exact) mass is 726 g/mol. The van der Waals surface area contributed by atoms with Gasteiger partial charge in [0.1, 0.15) is 29.8 Å². The Morgan fingerprint density at radius 3 is 2.41 bits per heavy atom. The molecule has 3 N–H and O–H groups in total. The van der Waals surface area contributed by atoms with E-state index in [2.05, 4.69) is 75.3 Å². The van der Waals surface area contributed by atoms with Crippen molar-refractivity contribution in [1.82, 2.24) is 24.6 Å². The highest BCUT2D eigenvalue weighted by molar-refractivity contribution is 6.07. The van der Waals surface area contributed by atoms with Crippen molar-refractivity contribution in [2.24, 2.45) is 9.98 Å². The van der Waals surface area contributed by atoms with E-state index in [9.17, 15) is 4.79 Å². The number of hydrogen-bond acceptors (Lipinski definition) is 9. The standard InChI is InChI=1S/C42H50N10O2/c1-29-12-14-32(15-13-29)52-40(25-37(49-52)42(3,4)5)48-41(53)46-35-16-17-36(34-11-9-8-10-33(34)35)54-28-31-18-19-44-38(24-31)47-39(43-6)26-45-30(2)27-51-22-20-50(7)21-23-51/h8-19,24-26H,6,20-23,27-28H2,1-5,7H3,(H,44,47)(H2,46,48,53)/b39-26+,45-30?. The van der Waals surface area contributed by atoms with E-state index < -0.39 is 0 Å². The van der Waals surface area contributed by atoms with Gasteiger partial charge in [-0.15, -0.1) is 0 Å². The Morgan fingerprint density at radius 2 is 1.69 bits per heavy atom. The van der Waals surface area contributed by atoms with Gasteiger partial charge in [0, 0.05) is 66.9 Å². The van der Waals surface area contributed by atoms with Gasteiger partial charge in [-0.05, 0) is 69.6 Å². The van der Waals surface area contributed by atoms with E-state index >= 15 is 0 Å². The fourth-order valence-corrected chi connectivity index (χ4v) is 6.07. The average molecular weight is 727 g/mol. The van der Waals surface area contributed by atoms with Crippen LogP contribution in [0.5, 0.6) is 5.75 Å². The second-order valence-corrected chi connectivity index (χ2v) is 14.7. The number of anilines is 3. The van der Waals surface area contributed by atoms with Crippen LogP contribution in [0.25, 0.3) is 16.5 Å². The number of ether oxygens (including phenoxy) is 1. The molecule has 12 nitrogen and oxygen atoms in total. The largest absolute Gasteiger partial charge is 0.488 e. The number of pyridine rings is 1. The number of likely N-dealkylation sites (N-methyl/N-ethyl adjacent to an activating group) is 1. The molecule has 0 aliphatic carbocycles. The number of rotatable bonds is 12. The van der Waals surface area contributed by atoms with Crippen LogP contribution in [0.15, 0.2) is 107 Å². The zero-order valence-electron chi connectivity index (χ0n) is 32.1. The zero-order chi connectivity index (χ0) is 38.2. The second-order valence-electron chi connectivity index (χ2n) is 14.7. The molecule has 54 heavy (non-hydrogen) atoms. The van der Waals surface area contributed by atoms with Crippen molar-refractivity contribution < 1.29 is 9.53 Å². The predicted molar refractivity (Wildman–Crippen MR) is 220 cm³/mol. The predicted octanol–water partition coefficient (Wildman–Crippen LogP) is 7.87. The molecular weight excluding hydrogens is 677 g/mol. The number of benzene rings is 3. The third kappa shape index (κ3) is 9.77. The average Bonchev–Trinajstić information content (AvgIpc) is 3.58. The maximum absolute atomic E-state index is 13.5. The number of aliphatic imine (C=N–C) groups is 2. The quantitative estimate of drug-likeness (QED) is 0.112. The number of aromatic nitrogens is 3. The third-order valence-corrected chi connectivity index (χ3v) is 9.23. The van der Waals surface area contributed by atoms with Gasteiger partial charge in [-0.1, -0.05) is 62.7 Å². The lowest BCUT2D eigenvalue weighted by atomic mass is 9.92. The first-order valence-corrected chi connectivity index (χ1v) is 18.2. The van der Waals surface area contributed by atoms with Crippen molar-refractivity contribution in [2.45, 2.75) is 46.6 Å². The van der Waals surface area contributed by atoms with Gasteiger partial charge in [-0.3, -0.25) is 15.2 Å². The highest BCUT2D eigenvalue weighted by atomic mass is 16.5. The van der Waals surface area contributed by atoms with Gasteiger partial charge in [-0.25, -0.2) is 19.5 Å². The lowest BCUT2D eigenvalue weighted by Gasteiger charge is -2.32. The molecule has 2 aromatic heterocycles. The summed E-state index contributed by atoms with van der Waals surface area (Å²) in [4.78, 5) is 31.4. The number of carbonyl (C=O) groups is 1. The highest BCUT2D eigenvalue weighted by Crippen LogP contribution is 2.33. The Hall–Kier alpha value is -5.85. The van der Waals surface area contributed by atoms with Crippen LogP contribution in [0.1, 0.15) is 44.5 Å². The minimum Gasteiger partial charge on any atom is -0.488 e. The number of aryl methyl sites for hydroxylation is 1. The van der Waals surface area contributed by atoms with Crippen molar-refractivity contribution in [3.63, 3.8) is 0 Å². The minimum absolute atomic E-state index is 0.204. The van der Waals surface area contributed by atoms with Crippen LogP contribution >= 0.6 is 0 Å². The Balaban J connectivity index is 1.12. The van der Waals surface area contributed by atoms with E-state index in [0.29, 0.717) is 35.5 Å². The molecule has 1 saturated heterocycles. The molecule has 0 atom stereocenters. The second kappa shape index (κ2) is 16.9. The maximum Gasteiger partial charge on any atom is 0.324 e. The SMILES string of the molecule is C=N/C(=C\N=C(C)CN1CCN(C)CC1)Nc1cc(COc2ccc(NC(=O)Nc3cc(C(C)(C)C)nn3-c3ccc(C)cc3)c3ccccc23)ccn1. The van der Waals surface area contributed by atoms with Gasteiger partial charge in [0.2, 0.25) is 0 Å². The summed E-state index contributed by atoms with van der Waals surface area (Å²) in [5, 5.41) is 15.8. The normalized spacial score (nSPS) is 14.6. The lowest BCUT2D eigenvalue weighted by Crippen LogP contribution is -2.45. The molecule has 5 aromatic rings. The summed E-state index contributed by atoms with van der Waals surface area (Å²) < 4.78 is 8.11. The number of urea groups is 1. The van der Waals surface area contributed by atoms with Crippen molar-refractivity contribution in [1.29, 1.82) is 0 Å². The number of carbonyl (C=O) groups excluding carboxylic acids is 1. The molecule has 1 fully saturated rings. The topological polar surface area (TPSA) is 124 Å². The lowest BCUT2D eigenvalue weighted by molar-refractivity contribution is 0.170. The summed E-state index contributed by atoms with van der Waals surface area (Å²) in [6.45, 7) is 19.4. The third-order valence-electron chi connectivity index (χ3n) is 9.23. The summed E-state index contributed by atoms with van der Waals surface area (Å²) in [5.74, 6) is 2.38. The maximum atomic E-state index is 13.5. The number of piperazine rings is 1. The molecule has 6 rings (SSSR count). The smallest absolute Gasteiger partial charge is 0.324 e. The summed E-state index contributed by atoms with van der Waals surface area (Å²) in [6.07, 6.45) is 3.41. The Bertz CT molecular complexity index is 2160. The molecule has 1 aliphatic heterocycles. The van der Waals surface area contributed by atoms with Crippen molar-refractivity contribution >= 4 is 46.6 Å². The summed E-state index contributed by atoms with van der Waals surface area (Å²) in [5.41, 5.74) is 5.25. The number of nitrogens with one attached hydrogen (secondary N) is 3. The molecule has 0 saturated carbocycles. The van der Waals surface area contributed by atoms with Crippen LogP contribution in [0.2, 0.25) is 0 Å². The van der Waals surface area contributed by atoms with E-state index in [4.69, 9.17) is 9.84 Å². The van der Waals surface area contributed by atoms with Crippen LogP contribution in [-0.2, 0) is 12.0 Å². The van der Waals surface area contributed by atoms with E-state index in [1.807, 2.05) is 92.7 Å². The molecule has 0 bridgehead atoms. The Morgan fingerprint density at radius 1 is 0.944 bits per heavy atom. The fourth-order valence-electron chi connectivity index (χ4n) is 6.07. The molecule has 12 heteroatoms. The highest BCUT2D eigenvalue weighted by Gasteiger charge is 2.22. The summed E-state index contributed by atoms with van der Waals surface area (Å²) in [7, 11) is 2.15. The number of amides is 2. The molecular formula is C42H50N10O2. The van der Waals surface area contributed by atoms with E-state index in [-0.39, 0.29) is 11.4 Å². The molecule has 0 unspecified atom stereocenters. The first-order chi connectivity index (χ1) is 25.9. The molecule has 1 aliphatic rings. The van der Waals surface area contributed by atoms with Crippen LogP contribution < -0.4 is 20.7 Å². The van der Waals surface area contributed by atoms with Gasteiger partial charge in [-0.2, -0.15) is 5.10 Å². The molecule has 3 aromatic carbocycles. The minimum atomic E-state index is -0.377. The number of fused-ring (bicyclic) bond motifs is 1. The molecule has 2 amide bonds. The Labute approximate surface area is 317 Å². The van der Waals surface area contributed by atoms with Gasteiger partial charge >= 0.3 is 6.03 Å². The van der Waals surface area contributed by atoms with Crippen molar-refractivity contribution in [3.8, 4) is 11.4 Å². The van der Waals surface area contributed by atoms with Crippen LogP contribution in [0.4, 0.5) is 22.1 Å². The van der Waals surface area contributed by atoms with E-state index in [1.54, 1.807) is 17.1 Å². The first kappa shape index (κ1) is 37.9. The van der Waals surface area contributed by atoms with E-state index in [1.165, 1.54) is 0 Å². The van der Waals surface area contributed by atoms with Crippen LogP contribution in [0.3, 0.4) is 0 Å². The van der Waals surface area contributed by atoms with Gasteiger partial charge in [0.15, 0.2) is 0 Å². The molecule has 3 heterocycles. The van der Waals surface area contributed by atoms with Crippen molar-refractivity contribution in [2.75, 3.05) is 55.7 Å². The fraction of sp³-hybridized carbons (Fsp3) is 0.310. The molecule has 0 spiro atoms. The van der Waals surface area contributed by atoms with Gasteiger partial charge in [0.25, 0.3) is 0 Å². The Kier molecular flexibility index (Phi) is 11.8. The molecule has 280 valence electrons. The van der Waals surface area contributed by atoms with Crippen LogP contribution in [0, 0.1) is 6.92 Å². The van der Waals surface area contributed by atoms with Crippen molar-refractivity contribution in [3.05, 3.63) is 114 Å². The molecule has 0 radical (unpaired) electrons. The van der Waals surface area contributed by atoms with Gasteiger partial charge < -0.3 is 20.3 Å². The summed E-state index contributed by atoms with van der Waals surface area (Å²) in [6, 6.07) is 25.0. The van der Waals surface area contributed by atoms with E-state index in [0.717, 1.165) is 71.7 Å². The number of nitrogens with zero attached hydrogens (tertiary/aromatic N) is 7. The summed E-state index contributed by atoms with van der Waals surface area (Å²) >= 11 is 0. The zero-order valence-corrected chi connectivity index (χ0v) is 32.1. The first-order valence-electron chi connectivity index (χ1n) is 18.2.